The monoisotopic (exact) mass is 321 g/mol. The lowest BCUT2D eigenvalue weighted by molar-refractivity contribution is -0.274. The second-order valence-electron chi connectivity index (χ2n) is 4.42. The topological polar surface area (TPSA) is 59.3 Å². The minimum Gasteiger partial charge on any atom is -0.495 e. The Morgan fingerprint density at radius 2 is 1.96 bits per heavy atom. The number of methoxy groups -OCH3 is 1. The molecule has 0 saturated carbocycles. The van der Waals surface area contributed by atoms with E-state index in [0.29, 0.717) is 23.0 Å². The van der Waals surface area contributed by atoms with Gasteiger partial charge in [0.2, 0.25) is 0 Å². The van der Waals surface area contributed by atoms with Gasteiger partial charge in [0.25, 0.3) is 0 Å². The van der Waals surface area contributed by atoms with Crippen molar-refractivity contribution >= 4 is 6.29 Å². The smallest absolute Gasteiger partial charge is 0.495 e. The number of ether oxygens (including phenoxy) is 2. The van der Waals surface area contributed by atoms with Crippen LogP contribution in [0.25, 0.3) is 11.1 Å². The van der Waals surface area contributed by atoms with Gasteiger partial charge in [0, 0.05) is 5.56 Å². The molecule has 118 valence electrons. The minimum absolute atomic E-state index is 0.274. The summed E-state index contributed by atoms with van der Waals surface area (Å²) in [5, 5.41) is 9.03. The van der Waals surface area contributed by atoms with Crippen molar-refractivity contribution in [1.82, 2.24) is 0 Å². The summed E-state index contributed by atoms with van der Waals surface area (Å²) >= 11 is 0. The first kappa shape index (κ1) is 16.4. The first-order chi connectivity index (χ1) is 10.9. The van der Waals surface area contributed by atoms with Crippen LogP contribution in [-0.4, -0.2) is 19.8 Å². The lowest BCUT2D eigenvalue weighted by Crippen LogP contribution is -2.17. The van der Waals surface area contributed by atoms with Crippen LogP contribution in [0.1, 0.15) is 15.9 Å². The maximum absolute atomic E-state index is 12.3. The second kappa shape index (κ2) is 6.40. The molecular weight excluding hydrogens is 311 g/mol. The molecule has 0 heterocycles. The molecule has 4 nitrogen and oxygen atoms in total. The Balaban J connectivity index is 2.55. The molecule has 2 rings (SSSR count). The normalized spacial score (nSPS) is 10.7. The number of alkyl halides is 3. The molecule has 7 heteroatoms. The van der Waals surface area contributed by atoms with E-state index >= 15 is 0 Å². The number of nitriles is 1. The van der Waals surface area contributed by atoms with Crippen LogP contribution in [0.2, 0.25) is 0 Å². The number of hydrogen-bond donors (Lipinski definition) is 0. The van der Waals surface area contributed by atoms with E-state index in [1.54, 1.807) is 24.3 Å². The fourth-order valence-electron chi connectivity index (χ4n) is 2.10. The van der Waals surface area contributed by atoms with Gasteiger partial charge in [0.1, 0.15) is 17.6 Å². The zero-order chi connectivity index (χ0) is 17.0. The number of benzene rings is 2. The van der Waals surface area contributed by atoms with Crippen LogP contribution in [0.5, 0.6) is 11.5 Å². The van der Waals surface area contributed by atoms with Crippen molar-refractivity contribution in [1.29, 1.82) is 5.26 Å². The molecule has 0 aliphatic heterocycles. The van der Waals surface area contributed by atoms with Gasteiger partial charge in [-0.3, -0.25) is 4.79 Å². The number of carbonyl (C=O) groups is 1. The highest BCUT2D eigenvalue weighted by molar-refractivity contribution is 5.86. The number of aldehydes is 1. The van der Waals surface area contributed by atoms with Gasteiger partial charge in [-0.25, -0.2) is 0 Å². The van der Waals surface area contributed by atoms with Crippen molar-refractivity contribution < 1.29 is 27.4 Å². The SMILES string of the molecule is COc1c(C=O)cccc1-c1ccc(OC(F)(F)F)c(C#N)c1. The maximum Gasteiger partial charge on any atom is 0.573 e. The maximum atomic E-state index is 12.3. The number of halogens is 3. The molecule has 0 bridgehead atoms. The molecule has 0 aliphatic carbocycles. The van der Waals surface area contributed by atoms with Gasteiger partial charge >= 0.3 is 6.36 Å². The average Bonchev–Trinajstić information content (AvgIpc) is 2.52. The minimum atomic E-state index is -4.89. The highest BCUT2D eigenvalue weighted by Gasteiger charge is 2.32. The molecule has 2 aromatic carbocycles. The third kappa shape index (κ3) is 3.61. The first-order valence-corrected chi connectivity index (χ1v) is 6.32. The van der Waals surface area contributed by atoms with E-state index in [9.17, 15) is 18.0 Å². The molecule has 0 spiro atoms. The van der Waals surface area contributed by atoms with Crippen molar-refractivity contribution in [2.45, 2.75) is 6.36 Å². The largest absolute Gasteiger partial charge is 0.573 e. The molecular formula is C16H10F3NO3. The molecule has 0 N–H and O–H groups in total. The molecule has 2 aromatic rings. The Hall–Kier alpha value is -3.01. The quantitative estimate of drug-likeness (QED) is 0.800. The van der Waals surface area contributed by atoms with Crippen molar-refractivity contribution in [3.8, 4) is 28.7 Å². The number of hydrogen-bond acceptors (Lipinski definition) is 4. The summed E-state index contributed by atoms with van der Waals surface area (Å²) in [5.74, 6) is -0.315. The lowest BCUT2D eigenvalue weighted by atomic mass is 9.99. The molecule has 0 atom stereocenters. The van der Waals surface area contributed by atoms with E-state index in [4.69, 9.17) is 10.00 Å². The zero-order valence-corrected chi connectivity index (χ0v) is 11.8. The molecule has 0 unspecified atom stereocenters. The zero-order valence-electron chi connectivity index (χ0n) is 11.8. The molecule has 0 amide bonds. The fourth-order valence-corrected chi connectivity index (χ4v) is 2.10. The number of para-hydroxylation sites is 1. The van der Waals surface area contributed by atoms with Gasteiger partial charge in [0.05, 0.1) is 18.2 Å². The van der Waals surface area contributed by atoms with Gasteiger partial charge < -0.3 is 9.47 Å². The van der Waals surface area contributed by atoms with Crippen LogP contribution in [0.3, 0.4) is 0 Å². The van der Waals surface area contributed by atoms with E-state index < -0.39 is 12.1 Å². The number of carbonyl (C=O) groups excluding carboxylic acids is 1. The Bertz CT molecular complexity index is 779. The highest BCUT2D eigenvalue weighted by atomic mass is 19.4. The molecule has 0 aliphatic rings. The summed E-state index contributed by atoms with van der Waals surface area (Å²) in [6.07, 6.45) is -4.28. The van der Waals surface area contributed by atoms with Gasteiger partial charge in [-0.1, -0.05) is 18.2 Å². The van der Waals surface area contributed by atoms with Crippen molar-refractivity contribution in [2.75, 3.05) is 7.11 Å². The van der Waals surface area contributed by atoms with Gasteiger partial charge in [-0.2, -0.15) is 5.26 Å². The standard InChI is InChI=1S/C16H10F3NO3/c1-22-15-11(9-21)3-2-4-13(15)10-5-6-14(12(7-10)8-20)23-16(17,18)19/h2-7,9H,1H3. The predicted molar refractivity (Wildman–Crippen MR) is 75.2 cm³/mol. The summed E-state index contributed by atoms with van der Waals surface area (Å²) in [5.41, 5.74) is 0.918. The predicted octanol–water partition coefficient (Wildman–Crippen LogP) is 3.94. The van der Waals surface area contributed by atoms with Crippen LogP contribution in [0.4, 0.5) is 13.2 Å². The summed E-state index contributed by atoms with van der Waals surface area (Å²) in [7, 11) is 1.37. The van der Waals surface area contributed by atoms with Crippen molar-refractivity contribution in [2.24, 2.45) is 0 Å². The van der Waals surface area contributed by atoms with Crippen LogP contribution in [0.15, 0.2) is 36.4 Å². The number of nitrogens with zero attached hydrogens (tertiary/aromatic N) is 1. The first-order valence-electron chi connectivity index (χ1n) is 6.32. The summed E-state index contributed by atoms with van der Waals surface area (Å²) in [6.45, 7) is 0. The van der Waals surface area contributed by atoms with Gasteiger partial charge in [-0.15, -0.1) is 13.2 Å². The Labute approximate surface area is 129 Å². The molecule has 0 aromatic heterocycles. The summed E-state index contributed by atoms with van der Waals surface area (Å²) in [4.78, 5) is 11.0. The van der Waals surface area contributed by atoms with E-state index in [1.165, 1.54) is 19.2 Å². The number of rotatable bonds is 4. The van der Waals surface area contributed by atoms with Gasteiger partial charge in [-0.05, 0) is 23.8 Å². The third-order valence-corrected chi connectivity index (χ3v) is 3.01. The van der Waals surface area contributed by atoms with Crippen molar-refractivity contribution in [3.05, 3.63) is 47.5 Å². The van der Waals surface area contributed by atoms with Crippen LogP contribution in [0, 0.1) is 11.3 Å². The summed E-state index contributed by atoms with van der Waals surface area (Å²) in [6, 6.07) is 10.1. The lowest BCUT2D eigenvalue weighted by Gasteiger charge is -2.13. The van der Waals surface area contributed by atoms with E-state index in [0.717, 1.165) is 6.07 Å². The van der Waals surface area contributed by atoms with Gasteiger partial charge in [0.15, 0.2) is 6.29 Å². The van der Waals surface area contributed by atoms with E-state index in [-0.39, 0.29) is 11.3 Å². The van der Waals surface area contributed by atoms with Crippen LogP contribution < -0.4 is 9.47 Å². The van der Waals surface area contributed by atoms with Crippen LogP contribution in [-0.2, 0) is 0 Å². The molecule has 0 saturated heterocycles. The molecule has 0 fully saturated rings. The third-order valence-electron chi connectivity index (χ3n) is 3.01. The Kier molecular flexibility index (Phi) is 4.55. The Morgan fingerprint density at radius 3 is 2.52 bits per heavy atom. The highest BCUT2D eigenvalue weighted by Crippen LogP contribution is 2.35. The van der Waals surface area contributed by atoms with Crippen molar-refractivity contribution in [3.63, 3.8) is 0 Å². The Morgan fingerprint density at radius 1 is 1.22 bits per heavy atom. The summed E-state index contributed by atoms with van der Waals surface area (Å²) < 4.78 is 45.9. The van der Waals surface area contributed by atoms with E-state index in [1.807, 2.05) is 0 Å². The molecule has 23 heavy (non-hydrogen) atoms. The van der Waals surface area contributed by atoms with E-state index in [2.05, 4.69) is 4.74 Å². The average molecular weight is 321 g/mol. The fraction of sp³-hybridized carbons (Fsp3) is 0.125. The molecule has 0 radical (unpaired) electrons. The second-order valence-corrected chi connectivity index (χ2v) is 4.42. The van der Waals surface area contributed by atoms with Crippen LogP contribution >= 0.6 is 0 Å².